The van der Waals surface area contributed by atoms with E-state index < -0.39 is 0 Å². The Labute approximate surface area is 121 Å². The highest BCUT2D eigenvalue weighted by Crippen LogP contribution is 2.27. The number of rotatable bonds is 4. The lowest BCUT2D eigenvalue weighted by molar-refractivity contribution is 0.616. The lowest BCUT2D eigenvalue weighted by Crippen LogP contribution is -2.20. The predicted octanol–water partition coefficient (Wildman–Crippen LogP) is 4.67. The number of halogens is 2. The van der Waals surface area contributed by atoms with Crippen molar-refractivity contribution in [2.45, 2.75) is 19.2 Å². The number of alkyl halides is 1. The first-order valence-corrected chi connectivity index (χ1v) is 7.23. The summed E-state index contributed by atoms with van der Waals surface area (Å²) < 4.78 is 1.08. The van der Waals surface area contributed by atoms with Gasteiger partial charge in [0.2, 0.25) is 0 Å². The van der Waals surface area contributed by atoms with E-state index in [1.54, 1.807) is 0 Å². The summed E-state index contributed by atoms with van der Waals surface area (Å²) in [5.74, 6) is 1.33. The molecule has 0 bridgehead atoms. The Hall–Kier alpha value is -0.800. The zero-order valence-electron chi connectivity index (χ0n) is 10.5. The van der Waals surface area contributed by atoms with Crippen LogP contribution in [0.5, 0.6) is 0 Å². The molecule has 1 aromatic carbocycles. The maximum Gasteiger partial charge on any atom is 0.133 e. The molecule has 0 aliphatic heterocycles. The largest absolute Gasteiger partial charge is 0.368 e. The Bertz CT molecular complexity index is 542. The number of fused-ring (bicyclic) bond motifs is 1. The number of hydrogen-bond donors (Lipinski definition) is 1. The van der Waals surface area contributed by atoms with Crippen molar-refractivity contribution in [3.63, 3.8) is 0 Å². The Morgan fingerprint density at radius 2 is 2.06 bits per heavy atom. The van der Waals surface area contributed by atoms with Crippen LogP contribution in [0.2, 0.25) is 0 Å². The Balaban J connectivity index is 2.26. The molecule has 96 valence electrons. The second-order valence-corrected chi connectivity index (χ2v) is 6.05. The van der Waals surface area contributed by atoms with E-state index in [1.807, 2.05) is 24.4 Å². The highest BCUT2D eigenvalue weighted by Gasteiger charge is 2.10. The van der Waals surface area contributed by atoms with Crippen molar-refractivity contribution in [2.24, 2.45) is 5.92 Å². The van der Waals surface area contributed by atoms with Crippen LogP contribution in [-0.2, 0) is 0 Å². The van der Waals surface area contributed by atoms with Crippen LogP contribution in [0.4, 0.5) is 5.82 Å². The number of nitrogens with zero attached hydrogens (tertiary/aromatic N) is 1. The maximum atomic E-state index is 6.25. The Morgan fingerprint density at radius 1 is 1.28 bits per heavy atom. The average Bonchev–Trinajstić information content (AvgIpc) is 2.36. The Morgan fingerprint density at radius 3 is 2.78 bits per heavy atom. The van der Waals surface area contributed by atoms with Crippen molar-refractivity contribution in [1.29, 1.82) is 0 Å². The zero-order valence-corrected chi connectivity index (χ0v) is 12.8. The summed E-state index contributed by atoms with van der Waals surface area (Å²) in [6.45, 7) is 4.96. The fraction of sp³-hybridized carbons (Fsp3) is 0.357. The molecule has 1 aromatic heterocycles. The van der Waals surface area contributed by atoms with Gasteiger partial charge in [0.05, 0.1) is 5.38 Å². The molecule has 0 fully saturated rings. The third kappa shape index (κ3) is 2.96. The number of benzene rings is 1. The van der Waals surface area contributed by atoms with E-state index in [4.69, 9.17) is 11.6 Å². The molecule has 2 nitrogen and oxygen atoms in total. The van der Waals surface area contributed by atoms with Crippen molar-refractivity contribution >= 4 is 44.1 Å². The van der Waals surface area contributed by atoms with Gasteiger partial charge >= 0.3 is 0 Å². The monoisotopic (exact) mass is 326 g/mol. The number of anilines is 1. The standard InChI is InChI=1S/C14H16BrClN2/c1-9(2)13(16)8-18-14-11-4-3-5-12(15)10(11)6-7-17-14/h3-7,9,13H,8H2,1-2H3,(H,17,18). The van der Waals surface area contributed by atoms with Crippen LogP contribution >= 0.6 is 27.5 Å². The molecular formula is C14H16BrClN2. The highest BCUT2D eigenvalue weighted by molar-refractivity contribution is 9.10. The molecule has 2 aromatic rings. The van der Waals surface area contributed by atoms with Crippen molar-refractivity contribution in [1.82, 2.24) is 4.98 Å². The summed E-state index contributed by atoms with van der Waals surface area (Å²) in [6, 6.07) is 8.11. The van der Waals surface area contributed by atoms with E-state index in [-0.39, 0.29) is 5.38 Å². The highest BCUT2D eigenvalue weighted by atomic mass is 79.9. The van der Waals surface area contributed by atoms with Crippen molar-refractivity contribution in [2.75, 3.05) is 11.9 Å². The van der Waals surface area contributed by atoms with Gasteiger partial charge in [0.1, 0.15) is 5.82 Å². The van der Waals surface area contributed by atoms with Gasteiger partial charge in [-0.05, 0) is 18.1 Å². The molecule has 1 atom stereocenters. The maximum absolute atomic E-state index is 6.25. The number of nitrogens with one attached hydrogen (secondary N) is 1. The summed E-state index contributed by atoms with van der Waals surface area (Å²) in [4.78, 5) is 4.39. The van der Waals surface area contributed by atoms with Crippen LogP contribution in [0.3, 0.4) is 0 Å². The zero-order chi connectivity index (χ0) is 13.1. The number of pyridine rings is 1. The number of aromatic nitrogens is 1. The summed E-state index contributed by atoms with van der Waals surface area (Å²) in [5, 5.41) is 5.71. The van der Waals surface area contributed by atoms with Crippen LogP contribution in [0, 0.1) is 5.92 Å². The third-order valence-corrected chi connectivity index (χ3v) is 4.29. The van der Waals surface area contributed by atoms with Gasteiger partial charge in [-0.15, -0.1) is 11.6 Å². The first-order chi connectivity index (χ1) is 8.59. The predicted molar refractivity (Wildman–Crippen MR) is 82.4 cm³/mol. The van der Waals surface area contributed by atoms with E-state index in [0.29, 0.717) is 5.92 Å². The van der Waals surface area contributed by atoms with Crippen LogP contribution in [-0.4, -0.2) is 16.9 Å². The van der Waals surface area contributed by atoms with Gasteiger partial charge in [-0.2, -0.15) is 0 Å². The molecule has 0 spiro atoms. The molecule has 1 unspecified atom stereocenters. The minimum absolute atomic E-state index is 0.106. The van der Waals surface area contributed by atoms with Crippen molar-refractivity contribution in [3.8, 4) is 0 Å². The van der Waals surface area contributed by atoms with Crippen LogP contribution < -0.4 is 5.32 Å². The van der Waals surface area contributed by atoms with Gasteiger partial charge in [0.15, 0.2) is 0 Å². The summed E-state index contributed by atoms with van der Waals surface area (Å²) in [7, 11) is 0. The van der Waals surface area contributed by atoms with Gasteiger partial charge in [-0.1, -0.05) is 41.9 Å². The first-order valence-electron chi connectivity index (χ1n) is 6.00. The molecule has 1 N–H and O–H groups in total. The molecule has 0 saturated heterocycles. The van der Waals surface area contributed by atoms with Gasteiger partial charge in [0.25, 0.3) is 0 Å². The normalized spacial score (nSPS) is 12.9. The first kappa shape index (κ1) is 13.6. The third-order valence-electron chi connectivity index (χ3n) is 2.94. The topological polar surface area (TPSA) is 24.9 Å². The van der Waals surface area contributed by atoms with Gasteiger partial charge < -0.3 is 5.32 Å². The molecule has 0 amide bonds. The molecule has 0 aliphatic rings. The molecule has 2 rings (SSSR count). The minimum atomic E-state index is 0.106. The quantitative estimate of drug-likeness (QED) is 0.825. The van der Waals surface area contributed by atoms with E-state index >= 15 is 0 Å². The van der Waals surface area contributed by atoms with E-state index in [1.165, 1.54) is 0 Å². The smallest absolute Gasteiger partial charge is 0.133 e. The molecule has 1 heterocycles. The molecule has 0 saturated carbocycles. The number of hydrogen-bond acceptors (Lipinski definition) is 2. The Kier molecular flexibility index (Phi) is 4.46. The fourth-order valence-electron chi connectivity index (χ4n) is 1.74. The summed E-state index contributed by atoms with van der Waals surface area (Å²) in [6.07, 6.45) is 1.81. The van der Waals surface area contributed by atoms with Gasteiger partial charge in [0, 0.05) is 28.0 Å². The molecule has 0 radical (unpaired) electrons. The summed E-state index contributed by atoms with van der Waals surface area (Å²) >= 11 is 9.80. The summed E-state index contributed by atoms with van der Waals surface area (Å²) in [5.41, 5.74) is 0. The van der Waals surface area contributed by atoms with Gasteiger partial charge in [-0.3, -0.25) is 0 Å². The minimum Gasteiger partial charge on any atom is -0.368 e. The molecular weight excluding hydrogens is 312 g/mol. The molecule has 18 heavy (non-hydrogen) atoms. The van der Waals surface area contributed by atoms with E-state index in [9.17, 15) is 0 Å². The van der Waals surface area contributed by atoms with Crippen molar-refractivity contribution in [3.05, 3.63) is 34.9 Å². The van der Waals surface area contributed by atoms with Gasteiger partial charge in [-0.25, -0.2) is 4.98 Å². The van der Waals surface area contributed by atoms with E-state index in [2.05, 4.69) is 46.1 Å². The van der Waals surface area contributed by atoms with E-state index in [0.717, 1.165) is 27.6 Å². The second-order valence-electron chi connectivity index (χ2n) is 4.64. The van der Waals surface area contributed by atoms with Crippen LogP contribution in [0.25, 0.3) is 10.8 Å². The average molecular weight is 328 g/mol. The molecule has 4 heteroatoms. The lowest BCUT2D eigenvalue weighted by Gasteiger charge is -2.15. The van der Waals surface area contributed by atoms with Crippen molar-refractivity contribution < 1.29 is 0 Å². The second kappa shape index (κ2) is 5.89. The van der Waals surface area contributed by atoms with Crippen LogP contribution in [0.15, 0.2) is 34.9 Å². The fourth-order valence-corrected chi connectivity index (χ4v) is 2.32. The van der Waals surface area contributed by atoms with Crippen LogP contribution in [0.1, 0.15) is 13.8 Å². The lowest BCUT2D eigenvalue weighted by atomic mass is 10.1. The molecule has 0 aliphatic carbocycles. The SMILES string of the molecule is CC(C)C(Cl)CNc1nccc2c(Br)cccc12.